The Morgan fingerprint density at radius 2 is 1.60 bits per heavy atom. The Morgan fingerprint density at radius 3 is 2.17 bits per heavy atom. The van der Waals surface area contributed by atoms with Crippen molar-refractivity contribution in [2.75, 3.05) is 0 Å². The van der Waals surface area contributed by atoms with Crippen molar-refractivity contribution in [2.24, 2.45) is 39.4 Å². The maximum absolute atomic E-state index is 14.2. The summed E-state index contributed by atoms with van der Waals surface area (Å²) in [5.41, 5.74) is -6.13. The van der Waals surface area contributed by atoms with E-state index < -0.39 is 68.0 Å². The normalized spacial score (nSPS) is 38.8. The van der Waals surface area contributed by atoms with Gasteiger partial charge in [0.25, 0.3) is 0 Å². The van der Waals surface area contributed by atoms with E-state index in [9.17, 15) is 33.9 Å². The number of hydrogen-bond donors (Lipinski definition) is 1. The quantitative estimate of drug-likeness (QED) is 0.234. The van der Waals surface area contributed by atoms with E-state index >= 15 is 0 Å². The molecule has 218 valence electrons. The van der Waals surface area contributed by atoms with Gasteiger partial charge in [0.2, 0.25) is 5.78 Å². The van der Waals surface area contributed by atoms with Gasteiger partial charge < -0.3 is 9.84 Å². The highest BCUT2D eigenvalue weighted by atomic mass is 16.6. The summed E-state index contributed by atoms with van der Waals surface area (Å²) in [6.07, 6.45) is 4.99. The third-order valence-electron chi connectivity index (χ3n) is 11.1. The first-order valence-electron chi connectivity index (χ1n) is 14.1. The molecule has 4 rings (SSSR count). The number of ether oxygens (including phenoxy) is 1. The van der Waals surface area contributed by atoms with Gasteiger partial charge in [-0.05, 0) is 69.9 Å². The molecule has 7 atom stereocenters. The summed E-state index contributed by atoms with van der Waals surface area (Å²) in [6, 6.07) is 0. The molecular formula is C32H42O8. The van der Waals surface area contributed by atoms with E-state index in [0.29, 0.717) is 6.42 Å². The number of carbonyl (C=O) groups is 6. The SMILES string of the molecule is CC(=O)OC(C)(C)/C=C/C(=O)[C@](C)(O)[C@H]1C(=O)C[C@@]2(C)[C@@H]3CC=C4[C@@H](CC(=O)C(=O)C4(C)C)[C@]3(C)C(=O)C[C@]12C. The molecule has 3 fully saturated rings. The molecule has 0 radical (unpaired) electrons. The van der Waals surface area contributed by atoms with Crippen LogP contribution in [0, 0.1) is 39.4 Å². The number of aliphatic hydroxyl groups is 1. The van der Waals surface area contributed by atoms with Gasteiger partial charge in [-0.1, -0.05) is 32.4 Å². The molecule has 0 unspecified atom stereocenters. The molecule has 0 spiro atoms. The third-order valence-corrected chi connectivity index (χ3v) is 11.1. The first-order valence-corrected chi connectivity index (χ1v) is 14.1. The molecule has 0 saturated heterocycles. The molecule has 0 aliphatic heterocycles. The highest BCUT2D eigenvalue weighted by Crippen LogP contribution is 2.73. The fraction of sp³-hybridized carbons (Fsp3) is 0.688. The van der Waals surface area contributed by atoms with Gasteiger partial charge >= 0.3 is 5.97 Å². The predicted octanol–water partition coefficient (Wildman–Crippen LogP) is 3.92. The van der Waals surface area contributed by atoms with Crippen molar-refractivity contribution in [3.8, 4) is 0 Å². The molecule has 0 heterocycles. The topological polar surface area (TPSA) is 132 Å². The minimum Gasteiger partial charge on any atom is -0.456 e. The summed E-state index contributed by atoms with van der Waals surface area (Å²) in [7, 11) is 0. The van der Waals surface area contributed by atoms with Crippen LogP contribution >= 0.6 is 0 Å². The van der Waals surface area contributed by atoms with Crippen LogP contribution in [0.25, 0.3) is 0 Å². The molecule has 0 bridgehead atoms. The average molecular weight is 555 g/mol. The van der Waals surface area contributed by atoms with Gasteiger partial charge in [-0.15, -0.1) is 0 Å². The zero-order valence-corrected chi connectivity index (χ0v) is 25.1. The van der Waals surface area contributed by atoms with Gasteiger partial charge in [-0.2, -0.15) is 0 Å². The van der Waals surface area contributed by atoms with Crippen molar-refractivity contribution in [2.45, 2.75) is 99.2 Å². The minimum atomic E-state index is -2.11. The monoisotopic (exact) mass is 554 g/mol. The maximum atomic E-state index is 14.2. The van der Waals surface area contributed by atoms with Crippen molar-refractivity contribution < 1.29 is 38.6 Å². The Hall–Kier alpha value is -2.74. The molecule has 4 aliphatic rings. The van der Waals surface area contributed by atoms with Crippen molar-refractivity contribution in [3.05, 3.63) is 23.8 Å². The Bertz CT molecular complexity index is 1300. The van der Waals surface area contributed by atoms with Crippen LogP contribution in [0.2, 0.25) is 0 Å². The molecule has 0 aromatic carbocycles. The van der Waals surface area contributed by atoms with Crippen molar-refractivity contribution in [3.63, 3.8) is 0 Å². The van der Waals surface area contributed by atoms with Crippen LogP contribution < -0.4 is 0 Å². The summed E-state index contributed by atoms with van der Waals surface area (Å²) in [4.78, 5) is 78.4. The number of rotatable bonds is 5. The van der Waals surface area contributed by atoms with E-state index in [1.54, 1.807) is 27.7 Å². The lowest BCUT2D eigenvalue weighted by Gasteiger charge is -2.63. The van der Waals surface area contributed by atoms with Gasteiger partial charge in [-0.3, -0.25) is 28.8 Å². The number of carbonyl (C=O) groups excluding carboxylic acids is 6. The van der Waals surface area contributed by atoms with Crippen LogP contribution in [0.3, 0.4) is 0 Å². The van der Waals surface area contributed by atoms with Crippen LogP contribution in [0.5, 0.6) is 0 Å². The predicted molar refractivity (Wildman–Crippen MR) is 146 cm³/mol. The summed E-state index contributed by atoms with van der Waals surface area (Å²) in [5.74, 6) is -4.43. The average Bonchev–Trinajstić information content (AvgIpc) is 3.01. The number of ketones is 5. The molecule has 4 aliphatic carbocycles. The lowest BCUT2D eigenvalue weighted by atomic mass is 9.38. The number of allylic oxidation sites excluding steroid dienone is 2. The maximum Gasteiger partial charge on any atom is 0.303 e. The molecular weight excluding hydrogens is 512 g/mol. The largest absolute Gasteiger partial charge is 0.456 e. The Labute approximate surface area is 236 Å². The highest BCUT2D eigenvalue weighted by molar-refractivity contribution is 6.40. The molecule has 8 heteroatoms. The van der Waals surface area contributed by atoms with Gasteiger partial charge in [-0.25, -0.2) is 0 Å². The van der Waals surface area contributed by atoms with E-state index in [1.165, 1.54) is 19.9 Å². The Morgan fingerprint density at radius 1 is 1.00 bits per heavy atom. The van der Waals surface area contributed by atoms with E-state index in [-0.39, 0.29) is 36.7 Å². The second kappa shape index (κ2) is 8.88. The van der Waals surface area contributed by atoms with Crippen LogP contribution in [-0.4, -0.2) is 51.2 Å². The fourth-order valence-electron chi connectivity index (χ4n) is 8.90. The Kier molecular flexibility index (Phi) is 6.71. The second-order valence-electron chi connectivity index (χ2n) is 14.4. The smallest absolute Gasteiger partial charge is 0.303 e. The lowest BCUT2D eigenvalue weighted by molar-refractivity contribution is -0.180. The number of esters is 1. The van der Waals surface area contributed by atoms with Crippen molar-refractivity contribution in [1.82, 2.24) is 0 Å². The number of fused-ring (bicyclic) bond motifs is 5. The first-order chi connectivity index (χ1) is 18.1. The molecule has 0 amide bonds. The lowest BCUT2D eigenvalue weighted by Crippen LogP contribution is -2.65. The van der Waals surface area contributed by atoms with E-state index in [2.05, 4.69) is 0 Å². The van der Waals surface area contributed by atoms with Crippen LogP contribution in [-0.2, 0) is 33.5 Å². The van der Waals surface area contributed by atoms with E-state index in [0.717, 1.165) is 11.6 Å². The molecule has 0 aromatic heterocycles. The zero-order chi connectivity index (χ0) is 30.4. The summed E-state index contributed by atoms with van der Waals surface area (Å²) < 4.78 is 5.20. The zero-order valence-electron chi connectivity index (χ0n) is 25.1. The van der Waals surface area contributed by atoms with Crippen molar-refractivity contribution >= 4 is 34.9 Å². The standard InChI is InChI=1S/C32H42O8/c1-17(33)40-27(2,3)13-12-23(36)32(9,39)25-21(35)15-29(6)22-11-10-18-19(14-20(34)26(38)28(18,4)5)31(22,8)24(37)16-30(25,29)7/h10,12-13,19,22,25,39H,11,14-16H2,1-9H3/b13-12+/t19-,22+,25+,29+,30-,31+,32+/m1/s1. The van der Waals surface area contributed by atoms with Crippen molar-refractivity contribution in [1.29, 1.82) is 0 Å². The Balaban J connectivity index is 1.76. The molecule has 8 nitrogen and oxygen atoms in total. The van der Waals surface area contributed by atoms with Crippen LogP contribution in [0.4, 0.5) is 0 Å². The number of hydrogen-bond acceptors (Lipinski definition) is 8. The minimum absolute atomic E-state index is 0.0316. The van der Waals surface area contributed by atoms with E-state index in [1.807, 2.05) is 26.8 Å². The van der Waals surface area contributed by atoms with Gasteiger partial charge in [0.1, 0.15) is 22.8 Å². The van der Waals surface area contributed by atoms with E-state index in [4.69, 9.17) is 4.74 Å². The summed E-state index contributed by atoms with van der Waals surface area (Å²) >= 11 is 0. The third kappa shape index (κ3) is 3.96. The van der Waals surface area contributed by atoms with Gasteiger partial charge in [0.15, 0.2) is 11.6 Å². The molecule has 1 N–H and O–H groups in total. The summed E-state index contributed by atoms with van der Waals surface area (Å²) in [5, 5.41) is 11.7. The first kappa shape index (κ1) is 30.2. The molecule has 0 aromatic rings. The van der Waals surface area contributed by atoms with Gasteiger partial charge in [0.05, 0.1) is 11.3 Å². The number of Topliss-reactive ketones (excluding diaryl/α,β-unsaturated/α-hetero) is 4. The highest BCUT2D eigenvalue weighted by Gasteiger charge is 2.74. The second-order valence-corrected chi connectivity index (χ2v) is 14.4. The van der Waals surface area contributed by atoms with Crippen LogP contribution in [0.15, 0.2) is 23.8 Å². The molecule has 40 heavy (non-hydrogen) atoms. The molecule has 3 saturated carbocycles. The summed E-state index contributed by atoms with van der Waals surface area (Å²) in [6.45, 7) is 14.9. The van der Waals surface area contributed by atoms with Crippen LogP contribution in [0.1, 0.15) is 88.0 Å². The fourth-order valence-corrected chi connectivity index (χ4v) is 8.90. The van der Waals surface area contributed by atoms with Gasteiger partial charge in [0, 0.05) is 37.5 Å².